The molecule has 3 aromatic rings. The van der Waals surface area contributed by atoms with Gasteiger partial charge in [0.1, 0.15) is 23.9 Å². The van der Waals surface area contributed by atoms with Gasteiger partial charge in [-0.15, -0.1) is 6.58 Å². The van der Waals surface area contributed by atoms with Gasteiger partial charge in [0.2, 0.25) is 15.9 Å². The topological polar surface area (TPSA) is 105 Å². The molecule has 2 aromatic heterocycles. The second-order valence-electron chi connectivity index (χ2n) is 8.23. The largest absolute Gasteiger partial charge is 0.433 e. The fourth-order valence-electron chi connectivity index (χ4n) is 4.02. The highest BCUT2D eigenvalue weighted by Crippen LogP contribution is 2.32. The van der Waals surface area contributed by atoms with E-state index in [1.165, 1.54) is 24.5 Å². The third-order valence-corrected chi connectivity index (χ3v) is 7.80. The smallest absolute Gasteiger partial charge is 0.349 e. The molecule has 8 nitrogen and oxygen atoms in total. The molecule has 1 saturated heterocycles. The molecule has 0 bridgehead atoms. The zero-order valence-corrected chi connectivity index (χ0v) is 20.0. The summed E-state index contributed by atoms with van der Waals surface area (Å²) in [7, 11) is -4.13. The van der Waals surface area contributed by atoms with Crippen molar-refractivity contribution in [1.29, 1.82) is 0 Å². The molecule has 1 aliphatic heterocycles. The number of pyridine rings is 1. The number of carbonyl (C=O) groups excluding carboxylic acids is 1. The summed E-state index contributed by atoms with van der Waals surface area (Å²) in [6.07, 6.45) is -0.260. The molecule has 0 spiro atoms. The van der Waals surface area contributed by atoms with Gasteiger partial charge in [-0.05, 0) is 55.3 Å². The van der Waals surface area contributed by atoms with Crippen LogP contribution < -0.4 is 5.32 Å². The van der Waals surface area contributed by atoms with E-state index in [-0.39, 0.29) is 17.9 Å². The number of rotatable bonds is 7. The van der Waals surface area contributed by atoms with Crippen LogP contribution in [0.1, 0.15) is 24.2 Å². The lowest BCUT2D eigenvalue weighted by atomic mass is 10.1. The van der Waals surface area contributed by atoms with E-state index in [4.69, 9.17) is 0 Å². The Balaban J connectivity index is 1.49. The number of alkyl halides is 3. The highest BCUT2D eigenvalue weighted by atomic mass is 32.2. The van der Waals surface area contributed by atoms with Crippen LogP contribution in [0.5, 0.6) is 0 Å². The number of carbonyl (C=O) groups is 1. The molecule has 0 radical (unpaired) electrons. The molecule has 37 heavy (non-hydrogen) atoms. The number of amides is 1. The van der Waals surface area contributed by atoms with Crippen molar-refractivity contribution in [3.05, 3.63) is 84.8 Å². The van der Waals surface area contributed by atoms with E-state index < -0.39 is 45.7 Å². The summed E-state index contributed by atoms with van der Waals surface area (Å²) in [6.45, 7) is 3.60. The second-order valence-corrected chi connectivity index (χ2v) is 10.1. The zero-order valence-electron chi connectivity index (χ0n) is 19.2. The van der Waals surface area contributed by atoms with Crippen molar-refractivity contribution in [3.8, 4) is 11.3 Å². The van der Waals surface area contributed by atoms with Gasteiger partial charge in [-0.25, -0.2) is 22.8 Å². The highest BCUT2D eigenvalue weighted by Gasteiger charge is 2.44. The fraction of sp³-hybridized carbons (Fsp3) is 0.250. The summed E-state index contributed by atoms with van der Waals surface area (Å²) in [5, 5.41) is 2.66. The summed E-state index contributed by atoms with van der Waals surface area (Å²) < 4.78 is 79.2. The van der Waals surface area contributed by atoms with Gasteiger partial charge < -0.3 is 5.32 Å². The molecule has 1 fully saturated rings. The maximum Gasteiger partial charge on any atom is 0.433 e. The minimum atomic E-state index is -4.57. The van der Waals surface area contributed by atoms with Crippen LogP contribution in [0.4, 0.5) is 17.6 Å². The molecule has 194 valence electrons. The Bertz CT molecular complexity index is 1400. The third-order valence-electron chi connectivity index (χ3n) is 5.85. The van der Waals surface area contributed by atoms with Crippen molar-refractivity contribution < 1.29 is 30.8 Å². The number of benzene rings is 1. The van der Waals surface area contributed by atoms with E-state index in [9.17, 15) is 30.8 Å². The Kier molecular flexibility index (Phi) is 7.37. The number of sulfonamides is 1. The van der Waals surface area contributed by atoms with Crippen molar-refractivity contribution in [2.45, 2.75) is 42.5 Å². The normalized spacial score (nSPS) is 18.5. The molecule has 13 heteroatoms. The standard InChI is InChI=1S/C24H21F4N5O3S/c1-2-18-6-9-21(33(18)37(35,36)19-7-4-16(25)5-8-19)23(34)30-13-17-11-20(32-14-31-17)15-3-10-22(29-12-15)24(26,27)28/h2-5,7-8,10-12,14,18,21H,1,6,9,13H2,(H,30,34)/t18-,21+/m1/s1. The maximum absolute atomic E-state index is 13.3. The number of hydrogen-bond donors (Lipinski definition) is 1. The Hall–Kier alpha value is -3.71. The Morgan fingerprint density at radius 3 is 2.46 bits per heavy atom. The number of nitrogens with zero attached hydrogens (tertiary/aromatic N) is 4. The summed E-state index contributed by atoms with van der Waals surface area (Å²) in [4.78, 5) is 24.4. The van der Waals surface area contributed by atoms with Crippen molar-refractivity contribution in [3.63, 3.8) is 0 Å². The Morgan fingerprint density at radius 1 is 1.11 bits per heavy atom. The monoisotopic (exact) mass is 535 g/mol. The van der Waals surface area contributed by atoms with Crippen molar-refractivity contribution in [1.82, 2.24) is 24.6 Å². The van der Waals surface area contributed by atoms with Crippen LogP contribution in [0.2, 0.25) is 0 Å². The molecule has 0 aliphatic carbocycles. The van der Waals surface area contributed by atoms with Gasteiger partial charge in [0.05, 0.1) is 22.8 Å². The van der Waals surface area contributed by atoms with E-state index in [0.717, 1.165) is 40.8 Å². The molecule has 4 rings (SSSR count). The summed E-state index contributed by atoms with van der Waals surface area (Å²) >= 11 is 0. The minimum Gasteiger partial charge on any atom is -0.349 e. The third kappa shape index (κ3) is 5.67. The summed E-state index contributed by atoms with van der Waals surface area (Å²) in [5.74, 6) is -1.15. The van der Waals surface area contributed by atoms with Crippen LogP contribution in [0.15, 0.2) is 72.5 Å². The molecule has 0 unspecified atom stereocenters. The van der Waals surface area contributed by atoms with Crippen LogP contribution in [0.25, 0.3) is 11.3 Å². The quantitative estimate of drug-likeness (QED) is 0.365. The molecule has 1 N–H and O–H groups in total. The van der Waals surface area contributed by atoms with Crippen molar-refractivity contribution in [2.75, 3.05) is 0 Å². The average molecular weight is 536 g/mol. The Labute approximate surface area is 210 Å². The number of nitrogens with one attached hydrogen (secondary N) is 1. The van der Waals surface area contributed by atoms with Crippen LogP contribution in [0, 0.1) is 5.82 Å². The lowest BCUT2D eigenvalue weighted by Gasteiger charge is -2.27. The van der Waals surface area contributed by atoms with Crippen LogP contribution in [-0.2, 0) is 27.5 Å². The van der Waals surface area contributed by atoms with Crippen LogP contribution >= 0.6 is 0 Å². The predicted molar refractivity (Wildman–Crippen MR) is 125 cm³/mol. The van der Waals surface area contributed by atoms with Gasteiger partial charge in [-0.2, -0.15) is 17.5 Å². The predicted octanol–water partition coefficient (Wildman–Crippen LogP) is 3.72. The van der Waals surface area contributed by atoms with Gasteiger partial charge in [0, 0.05) is 17.8 Å². The van der Waals surface area contributed by atoms with Gasteiger partial charge in [0.15, 0.2) is 0 Å². The molecular formula is C24H21F4N5O3S. The van der Waals surface area contributed by atoms with Gasteiger partial charge in [-0.1, -0.05) is 6.08 Å². The number of aromatic nitrogens is 3. The first-order chi connectivity index (χ1) is 17.5. The van der Waals surface area contributed by atoms with Gasteiger partial charge in [-0.3, -0.25) is 9.78 Å². The first-order valence-electron chi connectivity index (χ1n) is 11.0. The van der Waals surface area contributed by atoms with E-state index in [1.807, 2.05) is 0 Å². The van der Waals surface area contributed by atoms with Gasteiger partial charge in [0.25, 0.3) is 0 Å². The Morgan fingerprint density at radius 2 is 1.84 bits per heavy atom. The number of halogens is 4. The summed E-state index contributed by atoms with van der Waals surface area (Å²) in [6, 6.07) is 6.23. The van der Waals surface area contributed by atoms with Crippen molar-refractivity contribution in [2.24, 2.45) is 0 Å². The molecule has 1 aliphatic rings. The average Bonchev–Trinajstić information content (AvgIpc) is 3.33. The first kappa shape index (κ1) is 26.4. The van der Waals surface area contributed by atoms with E-state index in [0.29, 0.717) is 23.4 Å². The molecule has 3 heterocycles. The minimum absolute atomic E-state index is 0.0812. The van der Waals surface area contributed by atoms with Crippen LogP contribution in [0.3, 0.4) is 0 Å². The molecule has 0 saturated carbocycles. The molecular weight excluding hydrogens is 514 g/mol. The van der Waals surface area contributed by atoms with E-state index in [1.54, 1.807) is 0 Å². The lowest BCUT2D eigenvalue weighted by molar-refractivity contribution is -0.141. The van der Waals surface area contributed by atoms with E-state index in [2.05, 4.69) is 26.8 Å². The summed E-state index contributed by atoms with van der Waals surface area (Å²) in [5.41, 5.74) is -0.0606. The molecule has 1 aromatic carbocycles. The highest BCUT2D eigenvalue weighted by molar-refractivity contribution is 7.89. The van der Waals surface area contributed by atoms with E-state index >= 15 is 0 Å². The molecule has 2 atom stereocenters. The second kappa shape index (κ2) is 10.3. The first-order valence-corrected chi connectivity index (χ1v) is 12.5. The van der Waals surface area contributed by atoms with Crippen LogP contribution in [-0.4, -0.2) is 45.7 Å². The fourth-order valence-corrected chi connectivity index (χ4v) is 5.82. The SMILES string of the molecule is C=C[C@@H]1CC[C@@H](C(=O)NCc2cc(-c3ccc(C(F)(F)F)nc3)ncn2)N1S(=O)(=O)c1ccc(F)cc1. The lowest BCUT2D eigenvalue weighted by Crippen LogP contribution is -2.48. The zero-order chi connectivity index (χ0) is 26.8. The maximum atomic E-state index is 13.3. The molecule has 1 amide bonds. The van der Waals surface area contributed by atoms with Gasteiger partial charge >= 0.3 is 6.18 Å². The number of hydrogen-bond acceptors (Lipinski definition) is 6. The van der Waals surface area contributed by atoms with Crippen molar-refractivity contribution >= 4 is 15.9 Å².